The van der Waals surface area contributed by atoms with Crippen LogP contribution in [-0.2, 0) is 0 Å². The number of ether oxygens (including phenoxy) is 1. The molecular formula is C29H24N4O2. The Morgan fingerprint density at radius 1 is 0.857 bits per heavy atom. The fourth-order valence-corrected chi connectivity index (χ4v) is 3.89. The standard InChI is InChI=1S/C29H24N4O2/c1-2-3-18-34-29-27(31-23-16-10-11-17-24(23)32-29)33-28-22(19-30)25(20-12-6-4-7-13-20)26(35-28)21-14-8-5-9-15-21/h4-17H,2-3,18H2,1H3,(H,31,33). The van der Waals surface area contributed by atoms with Crippen molar-refractivity contribution in [3.8, 4) is 34.4 Å². The van der Waals surface area contributed by atoms with E-state index in [1.54, 1.807) is 0 Å². The number of furan rings is 1. The maximum absolute atomic E-state index is 10.2. The lowest BCUT2D eigenvalue weighted by molar-refractivity contribution is 0.299. The highest BCUT2D eigenvalue weighted by Gasteiger charge is 2.24. The van der Waals surface area contributed by atoms with Gasteiger partial charge in [0.25, 0.3) is 5.88 Å². The zero-order chi connectivity index (χ0) is 24.0. The van der Waals surface area contributed by atoms with Crippen LogP contribution in [0.25, 0.3) is 33.5 Å². The molecule has 172 valence electrons. The van der Waals surface area contributed by atoms with Gasteiger partial charge in [0.05, 0.1) is 17.6 Å². The van der Waals surface area contributed by atoms with Gasteiger partial charge in [-0.1, -0.05) is 86.1 Å². The average Bonchev–Trinajstić information content (AvgIpc) is 3.28. The summed E-state index contributed by atoms with van der Waals surface area (Å²) >= 11 is 0. The Balaban J connectivity index is 1.65. The molecular weight excluding hydrogens is 436 g/mol. The van der Waals surface area contributed by atoms with E-state index in [0.29, 0.717) is 35.5 Å². The van der Waals surface area contributed by atoms with E-state index in [4.69, 9.17) is 14.1 Å². The Kier molecular flexibility index (Phi) is 6.40. The van der Waals surface area contributed by atoms with Gasteiger partial charge in [-0.15, -0.1) is 0 Å². The molecule has 1 N–H and O–H groups in total. The highest BCUT2D eigenvalue weighted by atomic mass is 16.5. The number of para-hydroxylation sites is 2. The molecule has 0 saturated heterocycles. The minimum atomic E-state index is 0.301. The van der Waals surface area contributed by atoms with Crippen molar-refractivity contribution in [3.05, 3.63) is 90.5 Å². The maximum atomic E-state index is 10.2. The van der Waals surface area contributed by atoms with Crippen LogP contribution in [0.15, 0.2) is 89.3 Å². The van der Waals surface area contributed by atoms with Crippen molar-refractivity contribution in [2.75, 3.05) is 11.9 Å². The van der Waals surface area contributed by atoms with Gasteiger partial charge in [0.1, 0.15) is 17.4 Å². The molecule has 0 unspecified atom stereocenters. The van der Waals surface area contributed by atoms with Gasteiger partial charge >= 0.3 is 0 Å². The summed E-state index contributed by atoms with van der Waals surface area (Å²) in [6.45, 7) is 2.62. The zero-order valence-electron chi connectivity index (χ0n) is 19.4. The van der Waals surface area contributed by atoms with Gasteiger partial charge in [-0.05, 0) is 24.1 Å². The number of hydrogen-bond acceptors (Lipinski definition) is 6. The van der Waals surface area contributed by atoms with Gasteiger partial charge in [-0.25, -0.2) is 9.97 Å². The van der Waals surface area contributed by atoms with Crippen LogP contribution in [0.2, 0.25) is 0 Å². The molecule has 5 rings (SSSR count). The van der Waals surface area contributed by atoms with E-state index in [2.05, 4.69) is 23.3 Å². The van der Waals surface area contributed by atoms with Crippen molar-refractivity contribution in [1.29, 1.82) is 5.26 Å². The number of fused-ring (bicyclic) bond motifs is 1. The third-order valence-electron chi connectivity index (χ3n) is 5.63. The molecule has 3 aromatic carbocycles. The lowest BCUT2D eigenvalue weighted by Gasteiger charge is -2.11. The summed E-state index contributed by atoms with van der Waals surface area (Å²) in [5.41, 5.74) is 4.34. The molecule has 0 aliphatic rings. The van der Waals surface area contributed by atoms with Gasteiger partial charge in [-0.2, -0.15) is 5.26 Å². The Bertz CT molecular complexity index is 1490. The van der Waals surface area contributed by atoms with Gasteiger partial charge in [-0.3, -0.25) is 0 Å². The third kappa shape index (κ3) is 4.57. The number of rotatable bonds is 8. The van der Waals surface area contributed by atoms with Crippen molar-refractivity contribution in [3.63, 3.8) is 0 Å². The van der Waals surface area contributed by atoms with Crippen molar-refractivity contribution in [1.82, 2.24) is 9.97 Å². The van der Waals surface area contributed by atoms with E-state index in [1.807, 2.05) is 84.9 Å². The van der Waals surface area contributed by atoms with Crippen LogP contribution in [0.4, 0.5) is 11.7 Å². The lowest BCUT2D eigenvalue weighted by Crippen LogP contribution is -2.05. The van der Waals surface area contributed by atoms with E-state index < -0.39 is 0 Å². The molecule has 0 radical (unpaired) electrons. The highest BCUT2D eigenvalue weighted by molar-refractivity contribution is 5.89. The maximum Gasteiger partial charge on any atom is 0.258 e. The minimum absolute atomic E-state index is 0.301. The largest absolute Gasteiger partial charge is 0.475 e. The summed E-state index contributed by atoms with van der Waals surface area (Å²) in [4.78, 5) is 9.41. The first-order valence-electron chi connectivity index (χ1n) is 11.6. The number of nitriles is 1. The van der Waals surface area contributed by atoms with Crippen molar-refractivity contribution in [2.24, 2.45) is 0 Å². The molecule has 0 aliphatic heterocycles. The zero-order valence-corrected chi connectivity index (χ0v) is 19.4. The lowest BCUT2D eigenvalue weighted by atomic mass is 9.98. The van der Waals surface area contributed by atoms with Crippen LogP contribution in [0.5, 0.6) is 5.88 Å². The number of nitrogens with zero attached hydrogens (tertiary/aromatic N) is 3. The first-order valence-corrected chi connectivity index (χ1v) is 11.6. The topological polar surface area (TPSA) is 84.0 Å². The van der Waals surface area contributed by atoms with Crippen LogP contribution >= 0.6 is 0 Å². The Labute approximate surface area is 203 Å². The number of anilines is 2. The van der Waals surface area contributed by atoms with Gasteiger partial charge in [0, 0.05) is 11.1 Å². The molecule has 0 atom stereocenters. The van der Waals surface area contributed by atoms with Crippen molar-refractivity contribution >= 4 is 22.7 Å². The van der Waals surface area contributed by atoms with Gasteiger partial charge in [0.2, 0.25) is 5.88 Å². The van der Waals surface area contributed by atoms with E-state index in [1.165, 1.54) is 0 Å². The first-order chi connectivity index (χ1) is 17.3. The van der Waals surface area contributed by atoms with E-state index >= 15 is 0 Å². The molecule has 0 amide bonds. The van der Waals surface area contributed by atoms with Crippen LogP contribution in [0, 0.1) is 11.3 Å². The summed E-state index contributed by atoms with van der Waals surface area (Å²) < 4.78 is 12.3. The number of hydrogen-bond donors (Lipinski definition) is 1. The van der Waals surface area contributed by atoms with Crippen LogP contribution < -0.4 is 10.1 Å². The van der Waals surface area contributed by atoms with E-state index in [9.17, 15) is 5.26 Å². The number of benzene rings is 3. The SMILES string of the molecule is CCCCOc1nc2ccccc2nc1Nc1oc(-c2ccccc2)c(-c2ccccc2)c1C#N. The van der Waals surface area contributed by atoms with Crippen LogP contribution in [0.1, 0.15) is 25.3 Å². The second-order valence-corrected chi connectivity index (χ2v) is 8.05. The summed E-state index contributed by atoms with van der Waals surface area (Å²) in [5, 5.41) is 13.4. The molecule has 35 heavy (non-hydrogen) atoms. The number of unbranched alkanes of at least 4 members (excludes halogenated alkanes) is 1. The van der Waals surface area contributed by atoms with E-state index in [0.717, 1.165) is 40.6 Å². The van der Waals surface area contributed by atoms with Gasteiger partial charge in [0.15, 0.2) is 5.82 Å². The number of aromatic nitrogens is 2. The molecule has 0 fully saturated rings. The summed E-state index contributed by atoms with van der Waals surface area (Å²) in [5.74, 6) is 1.69. The Morgan fingerprint density at radius 3 is 2.14 bits per heavy atom. The van der Waals surface area contributed by atoms with Crippen LogP contribution in [0.3, 0.4) is 0 Å². The normalized spacial score (nSPS) is 10.7. The number of nitrogens with one attached hydrogen (secondary N) is 1. The second kappa shape index (κ2) is 10.1. The second-order valence-electron chi connectivity index (χ2n) is 8.05. The summed E-state index contributed by atoms with van der Waals surface area (Å²) in [6.07, 6.45) is 1.90. The van der Waals surface area contributed by atoms with Crippen LogP contribution in [-0.4, -0.2) is 16.6 Å². The first kappa shape index (κ1) is 22.2. The molecule has 0 saturated carbocycles. The predicted molar refractivity (Wildman–Crippen MR) is 138 cm³/mol. The predicted octanol–water partition coefficient (Wildman–Crippen LogP) is 7.35. The van der Waals surface area contributed by atoms with Gasteiger partial charge < -0.3 is 14.5 Å². The molecule has 6 nitrogen and oxygen atoms in total. The molecule has 5 aromatic rings. The fourth-order valence-electron chi connectivity index (χ4n) is 3.89. The van der Waals surface area contributed by atoms with Crippen molar-refractivity contribution < 1.29 is 9.15 Å². The molecule has 0 aliphatic carbocycles. The van der Waals surface area contributed by atoms with Crippen molar-refractivity contribution in [2.45, 2.75) is 19.8 Å². The smallest absolute Gasteiger partial charge is 0.258 e. The molecule has 2 heterocycles. The third-order valence-corrected chi connectivity index (χ3v) is 5.63. The summed E-state index contributed by atoms with van der Waals surface area (Å²) in [6, 6.07) is 29.5. The Morgan fingerprint density at radius 2 is 1.49 bits per heavy atom. The highest BCUT2D eigenvalue weighted by Crippen LogP contribution is 2.42. The average molecular weight is 461 g/mol. The molecule has 2 aromatic heterocycles. The van der Waals surface area contributed by atoms with E-state index in [-0.39, 0.29) is 0 Å². The minimum Gasteiger partial charge on any atom is -0.475 e. The quantitative estimate of drug-likeness (QED) is 0.244. The summed E-state index contributed by atoms with van der Waals surface area (Å²) in [7, 11) is 0. The molecule has 6 heteroatoms. The molecule has 0 spiro atoms. The Hall–Kier alpha value is -4.63. The monoisotopic (exact) mass is 460 g/mol. The fraction of sp³-hybridized carbons (Fsp3) is 0.138. The molecule has 0 bridgehead atoms.